The van der Waals surface area contributed by atoms with Crippen LogP contribution in [0, 0.1) is 5.92 Å². The predicted octanol–water partition coefficient (Wildman–Crippen LogP) is 5.68. The van der Waals surface area contributed by atoms with Gasteiger partial charge < -0.3 is 24.0 Å². The van der Waals surface area contributed by atoms with Crippen molar-refractivity contribution in [1.29, 1.82) is 0 Å². The van der Waals surface area contributed by atoms with Gasteiger partial charge in [-0.3, -0.25) is 4.98 Å². The first-order valence-electron chi connectivity index (χ1n) is 13.3. The van der Waals surface area contributed by atoms with Crippen LogP contribution < -0.4 is 9.64 Å². The summed E-state index contributed by atoms with van der Waals surface area (Å²) in [6.45, 7) is 10.4. The summed E-state index contributed by atoms with van der Waals surface area (Å²) in [5, 5.41) is 0. The minimum Gasteiger partial charge on any atom is -0.490 e. The average molecular weight is 496 g/mol. The van der Waals surface area contributed by atoms with E-state index in [0.717, 1.165) is 63.2 Å². The topological polar surface area (TPSA) is 64.1 Å². The van der Waals surface area contributed by atoms with E-state index in [1.807, 2.05) is 33.0 Å². The third kappa shape index (κ3) is 7.85. The van der Waals surface area contributed by atoms with Gasteiger partial charge in [0, 0.05) is 32.3 Å². The van der Waals surface area contributed by atoms with Gasteiger partial charge in [0.25, 0.3) is 0 Å². The van der Waals surface area contributed by atoms with Crippen molar-refractivity contribution >= 4 is 11.8 Å². The molecule has 0 radical (unpaired) electrons. The van der Waals surface area contributed by atoms with Gasteiger partial charge in [0.15, 0.2) is 0 Å². The van der Waals surface area contributed by atoms with Crippen LogP contribution in [0.5, 0.6) is 5.75 Å². The van der Waals surface area contributed by atoms with Gasteiger partial charge >= 0.3 is 6.09 Å². The van der Waals surface area contributed by atoms with E-state index in [-0.39, 0.29) is 12.1 Å². The summed E-state index contributed by atoms with van der Waals surface area (Å²) in [7, 11) is 0. The summed E-state index contributed by atoms with van der Waals surface area (Å²) in [5.41, 5.74) is 1.83. The predicted molar refractivity (Wildman–Crippen MR) is 141 cm³/mol. The van der Waals surface area contributed by atoms with E-state index in [1.165, 1.54) is 5.56 Å². The first-order chi connectivity index (χ1) is 17.4. The SMILES string of the molecule is CC(C)(C)OC(=O)N1CCC[C@@H]1COc1cncc(N2CCC(CCOCc3ccccc3)CC2)c1. The third-order valence-corrected chi connectivity index (χ3v) is 6.91. The molecule has 2 saturated heterocycles. The number of aromatic nitrogens is 1. The van der Waals surface area contributed by atoms with E-state index in [9.17, 15) is 4.79 Å². The molecule has 0 unspecified atom stereocenters. The Balaban J connectivity index is 1.19. The van der Waals surface area contributed by atoms with Crippen molar-refractivity contribution in [3.05, 3.63) is 54.4 Å². The Labute approximate surface area is 215 Å². The second-order valence-corrected chi connectivity index (χ2v) is 10.9. The molecule has 36 heavy (non-hydrogen) atoms. The number of hydrogen-bond acceptors (Lipinski definition) is 6. The van der Waals surface area contributed by atoms with Crippen LogP contribution in [0.1, 0.15) is 58.4 Å². The van der Waals surface area contributed by atoms with Crippen molar-refractivity contribution < 1.29 is 19.0 Å². The van der Waals surface area contributed by atoms with Crippen LogP contribution in [0.3, 0.4) is 0 Å². The highest BCUT2D eigenvalue weighted by Gasteiger charge is 2.32. The second kappa shape index (κ2) is 12.4. The summed E-state index contributed by atoms with van der Waals surface area (Å²) in [6, 6.07) is 12.5. The van der Waals surface area contributed by atoms with Crippen LogP contribution in [-0.4, -0.2) is 60.5 Å². The van der Waals surface area contributed by atoms with Crippen molar-refractivity contribution in [2.45, 2.75) is 71.1 Å². The van der Waals surface area contributed by atoms with Crippen LogP contribution in [-0.2, 0) is 16.1 Å². The van der Waals surface area contributed by atoms with Gasteiger partial charge in [0.05, 0.1) is 30.7 Å². The van der Waals surface area contributed by atoms with Gasteiger partial charge in [-0.2, -0.15) is 0 Å². The molecular formula is C29H41N3O4. The summed E-state index contributed by atoms with van der Waals surface area (Å²) in [6.07, 6.45) is 8.74. The maximum Gasteiger partial charge on any atom is 0.410 e. The Hall–Kier alpha value is -2.80. The standard InChI is InChI=1S/C29H41N3O4/c1-29(2,3)36-28(33)32-14-7-10-25(32)22-35-27-18-26(19-30-20-27)31-15-11-23(12-16-31)13-17-34-21-24-8-5-4-6-9-24/h4-6,8-9,18-20,23,25H,7,10-17,21-22H2,1-3H3/t25-/m1/s1. The Morgan fingerprint density at radius 2 is 1.83 bits per heavy atom. The molecule has 4 rings (SSSR count). The molecule has 1 amide bonds. The van der Waals surface area contributed by atoms with Crippen LogP contribution in [0.2, 0.25) is 0 Å². The smallest absolute Gasteiger partial charge is 0.410 e. The lowest BCUT2D eigenvalue weighted by molar-refractivity contribution is 0.0187. The molecule has 2 aromatic rings. The molecule has 2 fully saturated rings. The highest BCUT2D eigenvalue weighted by atomic mass is 16.6. The maximum absolute atomic E-state index is 12.5. The van der Waals surface area contributed by atoms with Crippen LogP contribution in [0.15, 0.2) is 48.8 Å². The summed E-state index contributed by atoms with van der Waals surface area (Å²) in [5.74, 6) is 1.45. The van der Waals surface area contributed by atoms with Crippen LogP contribution in [0.4, 0.5) is 10.5 Å². The molecule has 0 spiro atoms. The number of piperidine rings is 1. The number of pyridine rings is 1. The second-order valence-electron chi connectivity index (χ2n) is 10.9. The number of rotatable bonds is 9. The van der Waals surface area contributed by atoms with Crippen LogP contribution in [0.25, 0.3) is 0 Å². The number of carbonyl (C=O) groups is 1. The minimum atomic E-state index is -0.494. The lowest BCUT2D eigenvalue weighted by Crippen LogP contribution is -2.42. The Morgan fingerprint density at radius 1 is 1.06 bits per heavy atom. The first-order valence-corrected chi connectivity index (χ1v) is 13.3. The fourth-order valence-electron chi connectivity index (χ4n) is 4.92. The molecule has 7 nitrogen and oxygen atoms in total. The van der Waals surface area contributed by atoms with Gasteiger partial charge in [0.2, 0.25) is 0 Å². The van der Waals surface area contributed by atoms with Gasteiger partial charge in [-0.1, -0.05) is 30.3 Å². The molecule has 0 bridgehead atoms. The van der Waals surface area contributed by atoms with E-state index in [4.69, 9.17) is 14.2 Å². The minimum absolute atomic E-state index is 0.0309. The zero-order chi connectivity index (χ0) is 25.4. The number of amides is 1. The molecule has 3 heterocycles. The van der Waals surface area contributed by atoms with Gasteiger partial charge in [-0.05, 0) is 64.4 Å². The van der Waals surface area contributed by atoms with E-state index in [1.54, 1.807) is 11.1 Å². The van der Waals surface area contributed by atoms with Crippen molar-refractivity contribution in [1.82, 2.24) is 9.88 Å². The molecule has 2 aliphatic heterocycles. The molecule has 1 aromatic heterocycles. The molecule has 0 N–H and O–H groups in total. The monoisotopic (exact) mass is 495 g/mol. The van der Waals surface area contributed by atoms with E-state index < -0.39 is 5.60 Å². The molecule has 196 valence electrons. The summed E-state index contributed by atoms with van der Waals surface area (Å²) >= 11 is 0. The Bertz CT molecular complexity index is 954. The largest absolute Gasteiger partial charge is 0.490 e. The summed E-state index contributed by atoms with van der Waals surface area (Å²) in [4.78, 5) is 21.2. The lowest BCUT2D eigenvalue weighted by Gasteiger charge is -2.33. The highest BCUT2D eigenvalue weighted by molar-refractivity contribution is 5.69. The normalized spacial score (nSPS) is 18.9. The number of likely N-dealkylation sites (tertiary alicyclic amines) is 1. The maximum atomic E-state index is 12.5. The number of anilines is 1. The van der Waals surface area contributed by atoms with Gasteiger partial charge in [0.1, 0.15) is 18.0 Å². The zero-order valence-electron chi connectivity index (χ0n) is 22.0. The molecule has 2 aliphatic rings. The van der Waals surface area contributed by atoms with Gasteiger partial charge in [-0.25, -0.2) is 4.79 Å². The molecule has 1 aromatic carbocycles. The van der Waals surface area contributed by atoms with Crippen molar-refractivity contribution in [2.75, 3.05) is 37.7 Å². The van der Waals surface area contributed by atoms with Crippen molar-refractivity contribution in [3.8, 4) is 5.75 Å². The number of ether oxygens (including phenoxy) is 3. The average Bonchev–Trinajstić information content (AvgIpc) is 3.35. The number of nitrogens with zero attached hydrogens (tertiary/aromatic N) is 3. The Morgan fingerprint density at radius 3 is 2.58 bits per heavy atom. The van der Waals surface area contributed by atoms with Crippen molar-refractivity contribution in [3.63, 3.8) is 0 Å². The third-order valence-electron chi connectivity index (χ3n) is 6.91. The zero-order valence-corrected chi connectivity index (χ0v) is 22.0. The fourth-order valence-corrected chi connectivity index (χ4v) is 4.92. The Kier molecular flexibility index (Phi) is 9.08. The quantitative estimate of drug-likeness (QED) is 0.417. The number of benzene rings is 1. The molecule has 0 saturated carbocycles. The molecular weight excluding hydrogens is 454 g/mol. The highest BCUT2D eigenvalue weighted by Crippen LogP contribution is 2.28. The van der Waals surface area contributed by atoms with E-state index >= 15 is 0 Å². The molecule has 1 atom stereocenters. The van der Waals surface area contributed by atoms with Crippen molar-refractivity contribution in [2.24, 2.45) is 5.92 Å². The number of hydrogen-bond donors (Lipinski definition) is 0. The molecule has 7 heteroatoms. The lowest BCUT2D eigenvalue weighted by atomic mass is 9.94. The number of carbonyl (C=O) groups excluding carboxylic acids is 1. The van der Waals surface area contributed by atoms with E-state index in [0.29, 0.717) is 25.7 Å². The van der Waals surface area contributed by atoms with E-state index in [2.05, 4.69) is 40.2 Å². The fraction of sp³-hybridized carbons (Fsp3) is 0.586. The van der Waals surface area contributed by atoms with Crippen LogP contribution >= 0.6 is 0 Å². The summed E-state index contributed by atoms with van der Waals surface area (Å²) < 4.78 is 17.6. The first kappa shape index (κ1) is 26.3. The molecule has 0 aliphatic carbocycles. The van der Waals surface area contributed by atoms with Gasteiger partial charge in [-0.15, -0.1) is 0 Å².